The Morgan fingerprint density at radius 3 is 1.78 bits per heavy atom. The van der Waals surface area contributed by atoms with Gasteiger partial charge in [0.15, 0.2) is 0 Å². The number of carbonyl (C=O) groups is 2. The molecule has 1 N–H and O–H groups in total. The van der Waals surface area contributed by atoms with Gasteiger partial charge < -0.3 is 9.84 Å². The van der Waals surface area contributed by atoms with Crippen LogP contribution < -0.4 is 0 Å². The predicted octanol–water partition coefficient (Wildman–Crippen LogP) is 4.27. The summed E-state index contributed by atoms with van der Waals surface area (Å²) in [5, 5.41) is 8.38. The molecule has 0 saturated carbocycles. The Morgan fingerprint density at radius 1 is 0.913 bits per heavy atom. The first-order valence-corrected chi connectivity index (χ1v) is 7.51. The number of aromatic carboxylic acids is 1. The molecule has 0 spiro atoms. The second-order valence-corrected chi connectivity index (χ2v) is 5.36. The lowest BCUT2D eigenvalue weighted by atomic mass is 10.1. The monoisotopic (exact) mass is 314 g/mol. The highest BCUT2D eigenvalue weighted by molar-refractivity contribution is 5.89. The van der Waals surface area contributed by atoms with Crippen LogP contribution in [0, 0.1) is 5.92 Å². The number of ether oxygens (including phenoxy) is 1. The van der Waals surface area contributed by atoms with Crippen LogP contribution in [0.15, 0.2) is 60.7 Å². The van der Waals surface area contributed by atoms with Gasteiger partial charge in [0, 0.05) is 0 Å². The van der Waals surface area contributed by atoms with Gasteiger partial charge in [0.2, 0.25) is 0 Å². The molecule has 0 aliphatic carbocycles. The molecule has 0 aliphatic heterocycles. The van der Waals surface area contributed by atoms with Crippen LogP contribution in [0.2, 0.25) is 0 Å². The van der Waals surface area contributed by atoms with E-state index >= 15 is 0 Å². The van der Waals surface area contributed by atoms with Crippen molar-refractivity contribution in [3.05, 3.63) is 71.8 Å². The third-order valence-electron chi connectivity index (χ3n) is 2.96. The fourth-order valence-corrected chi connectivity index (χ4v) is 1.63. The molecule has 0 bridgehead atoms. The fraction of sp³-hybridized carbons (Fsp3) is 0.263. The molecule has 4 heteroatoms. The lowest BCUT2D eigenvalue weighted by Gasteiger charge is -2.06. The van der Waals surface area contributed by atoms with Gasteiger partial charge in [-0.25, -0.2) is 9.59 Å². The summed E-state index contributed by atoms with van der Waals surface area (Å²) in [6, 6.07) is 17.4. The quantitative estimate of drug-likeness (QED) is 0.837. The topological polar surface area (TPSA) is 63.6 Å². The van der Waals surface area contributed by atoms with Gasteiger partial charge in [0.05, 0.1) is 17.7 Å². The maximum Gasteiger partial charge on any atom is 0.338 e. The van der Waals surface area contributed by atoms with Crippen LogP contribution in [-0.4, -0.2) is 23.7 Å². The van der Waals surface area contributed by atoms with E-state index in [4.69, 9.17) is 9.84 Å². The van der Waals surface area contributed by atoms with Crippen LogP contribution in [0.1, 0.15) is 41.0 Å². The number of carboxylic acid groups (broad SMARTS) is 1. The maximum atomic E-state index is 11.4. The molecule has 23 heavy (non-hydrogen) atoms. The Bertz CT molecular complexity index is 591. The lowest BCUT2D eigenvalue weighted by Crippen LogP contribution is -2.07. The minimum atomic E-state index is -0.879. The molecule has 122 valence electrons. The summed E-state index contributed by atoms with van der Waals surface area (Å²) in [5.74, 6) is -0.541. The average molecular weight is 314 g/mol. The van der Waals surface area contributed by atoms with Crippen LogP contribution in [0.5, 0.6) is 0 Å². The smallest absolute Gasteiger partial charge is 0.338 e. The molecule has 2 aromatic rings. The highest BCUT2D eigenvalue weighted by Gasteiger charge is 2.05. The van der Waals surface area contributed by atoms with Gasteiger partial charge in [-0.2, -0.15) is 0 Å². The average Bonchev–Trinajstić information content (AvgIpc) is 2.56. The van der Waals surface area contributed by atoms with E-state index in [1.807, 2.05) is 18.2 Å². The van der Waals surface area contributed by atoms with Crippen LogP contribution >= 0.6 is 0 Å². The van der Waals surface area contributed by atoms with Crippen molar-refractivity contribution in [1.82, 2.24) is 0 Å². The van der Waals surface area contributed by atoms with Crippen molar-refractivity contribution in [3.8, 4) is 0 Å². The Morgan fingerprint density at radius 2 is 1.39 bits per heavy atom. The summed E-state index contributed by atoms with van der Waals surface area (Å²) >= 11 is 0. The number of rotatable bonds is 5. The summed E-state index contributed by atoms with van der Waals surface area (Å²) in [7, 11) is 0. The van der Waals surface area contributed by atoms with Gasteiger partial charge in [0.1, 0.15) is 0 Å². The normalized spacial score (nSPS) is 9.70. The molecule has 0 heterocycles. The van der Waals surface area contributed by atoms with Crippen molar-refractivity contribution >= 4 is 11.9 Å². The Hall–Kier alpha value is -2.62. The van der Waals surface area contributed by atoms with Gasteiger partial charge in [-0.15, -0.1) is 0 Å². The summed E-state index contributed by atoms with van der Waals surface area (Å²) in [5.41, 5.74) is 0.953. The van der Waals surface area contributed by atoms with Gasteiger partial charge in [-0.3, -0.25) is 0 Å². The minimum Gasteiger partial charge on any atom is -0.478 e. The second kappa shape index (κ2) is 10.2. The molecule has 2 aromatic carbocycles. The van der Waals surface area contributed by atoms with E-state index in [9.17, 15) is 9.59 Å². The molecule has 4 nitrogen and oxygen atoms in total. The summed E-state index contributed by atoms with van der Waals surface area (Å²) in [6.45, 7) is 4.72. The highest BCUT2D eigenvalue weighted by Crippen LogP contribution is 2.04. The third-order valence-corrected chi connectivity index (χ3v) is 2.96. The second-order valence-electron chi connectivity index (χ2n) is 5.36. The lowest BCUT2D eigenvalue weighted by molar-refractivity contribution is 0.0487. The molecular weight excluding hydrogens is 292 g/mol. The first kappa shape index (κ1) is 18.4. The third kappa shape index (κ3) is 7.81. The van der Waals surface area contributed by atoms with Crippen LogP contribution in [0.25, 0.3) is 0 Å². The van der Waals surface area contributed by atoms with Gasteiger partial charge >= 0.3 is 11.9 Å². The SMILES string of the molecule is CC(C)CCOC(=O)c1ccccc1.O=C(O)c1ccccc1. The zero-order chi connectivity index (χ0) is 17.1. The van der Waals surface area contributed by atoms with E-state index in [1.165, 1.54) is 0 Å². The van der Waals surface area contributed by atoms with E-state index in [0.29, 0.717) is 23.7 Å². The molecule has 0 fully saturated rings. The molecule has 0 atom stereocenters. The molecule has 0 aromatic heterocycles. The van der Waals surface area contributed by atoms with E-state index in [0.717, 1.165) is 6.42 Å². The van der Waals surface area contributed by atoms with Crippen molar-refractivity contribution in [2.24, 2.45) is 5.92 Å². The van der Waals surface area contributed by atoms with Gasteiger partial charge in [-0.1, -0.05) is 50.2 Å². The van der Waals surface area contributed by atoms with Crippen molar-refractivity contribution in [2.75, 3.05) is 6.61 Å². The number of hydrogen-bond donors (Lipinski definition) is 1. The first-order valence-electron chi connectivity index (χ1n) is 7.51. The fourth-order valence-electron chi connectivity index (χ4n) is 1.63. The maximum absolute atomic E-state index is 11.4. The summed E-state index contributed by atoms with van der Waals surface area (Å²) in [6.07, 6.45) is 0.915. The van der Waals surface area contributed by atoms with Crippen LogP contribution in [-0.2, 0) is 4.74 Å². The molecular formula is C19H22O4. The predicted molar refractivity (Wildman–Crippen MR) is 89.6 cm³/mol. The molecule has 0 unspecified atom stereocenters. The Kier molecular flexibility index (Phi) is 8.14. The molecule has 0 saturated heterocycles. The Labute approximate surface area is 136 Å². The summed E-state index contributed by atoms with van der Waals surface area (Å²) in [4.78, 5) is 21.6. The van der Waals surface area contributed by atoms with Crippen molar-refractivity contribution in [2.45, 2.75) is 20.3 Å². The summed E-state index contributed by atoms with van der Waals surface area (Å²) < 4.78 is 5.10. The van der Waals surface area contributed by atoms with Gasteiger partial charge in [0.25, 0.3) is 0 Å². The Balaban J connectivity index is 0.000000253. The molecule has 0 aliphatic rings. The van der Waals surface area contributed by atoms with Crippen molar-refractivity contribution < 1.29 is 19.4 Å². The molecule has 2 rings (SSSR count). The first-order chi connectivity index (χ1) is 11.0. The van der Waals surface area contributed by atoms with E-state index in [2.05, 4.69) is 13.8 Å². The zero-order valence-electron chi connectivity index (χ0n) is 13.4. The standard InChI is InChI=1S/C12H16O2.C7H6O2/c1-10(2)8-9-14-12(13)11-6-4-3-5-7-11;8-7(9)6-4-2-1-3-5-6/h3-7,10H,8-9H2,1-2H3;1-5H,(H,8,9). The van der Waals surface area contributed by atoms with Crippen LogP contribution in [0.3, 0.4) is 0 Å². The molecule has 0 amide bonds. The number of hydrogen-bond acceptors (Lipinski definition) is 3. The van der Waals surface area contributed by atoms with E-state index in [-0.39, 0.29) is 5.97 Å². The molecule has 0 radical (unpaired) electrons. The van der Waals surface area contributed by atoms with E-state index in [1.54, 1.807) is 42.5 Å². The minimum absolute atomic E-state index is 0.230. The number of esters is 1. The highest BCUT2D eigenvalue weighted by atomic mass is 16.5. The van der Waals surface area contributed by atoms with Crippen molar-refractivity contribution in [3.63, 3.8) is 0 Å². The number of carboxylic acids is 1. The zero-order valence-corrected chi connectivity index (χ0v) is 13.4. The van der Waals surface area contributed by atoms with E-state index < -0.39 is 5.97 Å². The number of carbonyl (C=O) groups excluding carboxylic acids is 1. The van der Waals surface area contributed by atoms with Gasteiger partial charge in [-0.05, 0) is 36.6 Å². The van der Waals surface area contributed by atoms with Crippen molar-refractivity contribution in [1.29, 1.82) is 0 Å². The van der Waals surface area contributed by atoms with Crippen LogP contribution in [0.4, 0.5) is 0 Å². The largest absolute Gasteiger partial charge is 0.478 e. The number of benzene rings is 2.